The highest BCUT2D eigenvalue weighted by molar-refractivity contribution is 6.01. The topological polar surface area (TPSA) is 169 Å². The molecule has 12 nitrogen and oxygen atoms in total. The highest BCUT2D eigenvalue weighted by Gasteiger charge is 2.36. The van der Waals surface area contributed by atoms with Crippen molar-refractivity contribution in [3.8, 4) is 22.5 Å². The zero-order valence-electron chi connectivity index (χ0n) is 25.5. The molecule has 0 radical (unpaired) electrons. The van der Waals surface area contributed by atoms with E-state index in [1.165, 1.54) is 11.0 Å². The summed E-state index contributed by atoms with van der Waals surface area (Å²) in [6, 6.07) is 14.5. The summed E-state index contributed by atoms with van der Waals surface area (Å²) in [5.41, 5.74) is 14.6. The van der Waals surface area contributed by atoms with Gasteiger partial charge in [0, 0.05) is 54.0 Å². The Kier molecular flexibility index (Phi) is 9.60. The molecule has 5 N–H and O–H groups in total. The molecule has 1 atom stereocenters. The molecule has 4 aromatic rings. The first-order chi connectivity index (χ1) is 22.4. The van der Waals surface area contributed by atoms with Crippen molar-refractivity contribution in [2.24, 2.45) is 23.3 Å². The van der Waals surface area contributed by atoms with Gasteiger partial charge in [0.1, 0.15) is 17.7 Å². The van der Waals surface area contributed by atoms with Crippen LogP contribution in [0.1, 0.15) is 31.2 Å². The number of morpholine rings is 1. The van der Waals surface area contributed by atoms with Crippen LogP contribution in [0.2, 0.25) is 0 Å². The number of benzene rings is 2. The molecule has 0 spiro atoms. The highest BCUT2D eigenvalue weighted by atomic mass is 19.1. The van der Waals surface area contributed by atoms with Crippen molar-refractivity contribution in [3.05, 3.63) is 72.2 Å². The lowest BCUT2D eigenvalue weighted by atomic mass is 9.81. The lowest BCUT2D eigenvalue weighted by Crippen LogP contribution is -2.52. The number of nitrogens with zero attached hydrogens (tertiary/aromatic N) is 6. The van der Waals surface area contributed by atoms with E-state index in [2.05, 4.69) is 30.5 Å². The normalized spacial score (nSPS) is 19.0. The zero-order valence-corrected chi connectivity index (χ0v) is 25.5. The molecule has 0 bridgehead atoms. The second-order valence-electron chi connectivity index (χ2n) is 11.9. The number of anilines is 2. The number of aromatic amines is 1. The minimum atomic E-state index is -1.05. The summed E-state index contributed by atoms with van der Waals surface area (Å²) in [5, 5.41) is 14.0. The maximum absolute atomic E-state index is 15.6. The number of pyridine rings is 1. The molecule has 240 valence electrons. The van der Waals surface area contributed by atoms with E-state index in [-0.39, 0.29) is 18.2 Å². The summed E-state index contributed by atoms with van der Waals surface area (Å²) < 4.78 is 21.0. The Hall–Kier alpha value is -4.75. The maximum Gasteiger partial charge on any atom is 0.240 e. The van der Waals surface area contributed by atoms with E-state index in [4.69, 9.17) is 16.2 Å². The van der Waals surface area contributed by atoms with E-state index < -0.39 is 17.8 Å². The van der Waals surface area contributed by atoms with Crippen LogP contribution in [0.25, 0.3) is 22.5 Å². The van der Waals surface area contributed by atoms with E-state index in [0.717, 1.165) is 31.7 Å². The van der Waals surface area contributed by atoms with Gasteiger partial charge < -0.3 is 21.1 Å². The van der Waals surface area contributed by atoms with Crippen LogP contribution in [0.5, 0.6) is 0 Å². The Labute approximate surface area is 266 Å². The third-order valence-electron chi connectivity index (χ3n) is 9.01. The standard InChI is InChI=1S/C33H38FN9O3/c34-28-17-22(3-11-27(28)25-8-12-30(37-20-25)42-13-15-46-16-14-42)18-29(31(36)44)43(33(45)24-4-1-21(19-35)2-5-24)26-9-6-23(7-10-26)32-38-40-41-39-32/h3,6-12,17,20-21,24,29H,1-2,4-5,13-16,18-19,35H2,(H2,36,44)(H,38,39,40,41)/t21?,24?,29-/m0/s1. The Bertz CT molecular complexity index is 1620. The van der Waals surface area contributed by atoms with Crippen LogP contribution < -0.4 is 21.3 Å². The highest BCUT2D eigenvalue weighted by Crippen LogP contribution is 2.33. The summed E-state index contributed by atoms with van der Waals surface area (Å²) in [6.07, 6.45) is 4.72. The van der Waals surface area contributed by atoms with Crippen LogP contribution in [0.3, 0.4) is 0 Å². The fourth-order valence-corrected chi connectivity index (χ4v) is 6.34. The third kappa shape index (κ3) is 6.90. The lowest BCUT2D eigenvalue weighted by Gasteiger charge is -2.35. The minimum Gasteiger partial charge on any atom is -0.378 e. The number of carbonyl (C=O) groups is 2. The summed E-state index contributed by atoms with van der Waals surface area (Å²) in [4.78, 5) is 35.4. The van der Waals surface area contributed by atoms with Crippen molar-refractivity contribution in [1.82, 2.24) is 25.6 Å². The Balaban J connectivity index is 1.26. The predicted molar refractivity (Wildman–Crippen MR) is 171 cm³/mol. The number of halogens is 1. The van der Waals surface area contributed by atoms with E-state index in [1.807, 2.05) is 12.1 Å². The molecular weight excluding hydrogens is 589 g/mol. The second kappa shape index (κ2) is 14.1. The number of hydrogen-bond donors (Lipinski definition) is 3. The number of aromatic nitrogens is 5. The third-order valence-corrected chi connectivity index (χ3v) is 9.01. The molecule has 46 heavy (non-hydrogen) atoms. The smallest absolute Gasteiger partial charge is 0.240 e. The number of rotatable bonds is 10. The molecule has 0 unspecified atom stereocenters. The Morgan fingerprint density at radius 1 is 1.02 bits per heavy atom. The first-order valence-electron chi connectivity index (χ1n) is 15.6. The number of carbonyl (C=O) groups excluding carboxylic acids is 2. The quantitative estimate of drug-likeness (QED) is 0.239. The van der Waals surface area contributed by atoms with Crippen molar-refractivity contribution in [1.29, 1.82) is 0 Å². The van der Waals surface area contributed by atoms with Crippen molar-refractivity contribution in [3.63, 3.8) is 0 Å². The zero-order chi connectivity index (χ0) is 32.0. The van der Waals surface area contributed by atoms with Crippen LogP contribution in [0.15, 0.2) is 60.8 Å². The first-order valence-corrected chi connectivity index (χ1v) is 15.6. The van der Waals surface area contributed by atoms with Gasteiger partial charge in [-0.25, -0.2) is 9.37 Å². The van der Waals surface area contributed by atoms with Crippen molar-refractivity contribution in [2.45, 2.75) is 38.1 Å². The van der Waals surface area contributed by atoms with Gasteiger partial charge in [-0.05, 0) is 91.4 Å². The number of H-pyrrole nitrogens is 1. The fraction of sp³-hybridized carbons (Fsp3) is 0.394. The maximum atomic E-state index is 15.6. The predicted octanol–water partition coefficient (Wildman–Crippen LogP) is 3.10. The summed E-state index contributed by atoms with van der Waals surface area (Å²) in [6.45, 7) is 3.40. The number of amides is 2. The van der Waals surface area contributed by atoms with Crippen molar-refractivity contribution in [2.75, 3.05) is 42.6 Å². The molecule has 2 aromatic heterocycles. The van der Waals surface area contributed by atoms with Gasteiger partial charge in [-0.3, -0.25) is 14.5 Å². The number of hydrogen-bond acceptors (Lipinski definition) is 9. The summed E-state index contributed by atoms with van der Waals surface area (Å²) >= 11 is 0. The average Bonchev–Trinajstić information content (AvgIpc) is 3.64. The Morgan fingerprint density at radius 2 is 1.76 bits per heavy atom. The van der Waals surface area contributed by atoms with Gasteiger partial charge in [-0.15, -0.1) is 10.2 Å². The molecular formula is C33H38FN9O3. The van der Waals surface area contributed by atoms with Gasteiger partial charge in [0.05, 0.1) is 13.2 Å². The molecule has 1 aliphatic carbocycles. The molecule has 6 rings (SSSR count). The van der Waals surface area contributed by atoms with Crippen molar-refractivity contribution >= 4 is 23.3 Å². The van der Waals surface area contributed by atoms with Gasteiger partial charge in [-0.1, -0.05) is 12.1 Å². The van der Waals surface area contributed by atoms with Crippen LogP contribution in [0, 0.1) is 17.7 Å². The molecule has 2 aliphatic rings. The number of tetrazole rings is 1. The van der Waals surface area contributed by atoms with Gasteiger partial charge in [0.2, 0.25) is 17.6 Å². The SMILES string of the molecule is NCC1CCC(C(=O)N(c2ccc(-c3nn[nH]n3)cc2)[C@@H](Cc2ccc(-c3ccc(N4CCOCC4)nc3)c(F)c2)C(N)=O)CC1. The molecule has 1 saturated carbocycles. The summed E-state index contributed by atoms with van der Waals surface area (Å²) in [5.74, 6) is -0.00481. The molecule has 1 aliphatic heterocycles. The first kappa shape index (κ1) is 31.2. The molecule has 13 heteroatoms. The van der Waals surface area contributed by atoms with Gasteiger partial charge in [0.15, 0.2) is 0 Å². The van der Waals surface area contributed by atoms with Crippen LogP contribution >= 0.6 is 0 Å². The summed E-state index contributed by atoms with van der Waals surface area (Å²) in [7, 11) is 0. The van der Waals surface area contributed by atoms with Gasteiger partial charge in [0.25, 0.3) is 0 Å². The number of nitrogens with two attached hydrogens (primary N) is 2. The number of primary amides is 1. The van der Waals surface area contributed by atoms with E-state index in [9.17, 15) is 9.59 Å². The largest absolute Gasteiger partial charge is 0.378 e. The molecule has 1 saturated heterocycles. The average molecular weight is 628 g/mol. The van der Waals surface area contributed by atoms with Gasteiger partial charge in [-0.2, -0.15) is 5.21 Å². The van der Waals surface area contributed by atoms with Crippen LogP contribution in [-0.2, 0) is 20.7 Å². The Morgan fingerprint density at radius 3 is 2.37 bits per heavy atom. The molecule has 2 amide bonds. The monoisotopic (exact) mass is 627 g/mol. The number of nitrogens with one attached hydrogen (secondary N) is 1. The van der Waals surface area contributed by atoms with Crippen molar-refractivity contribution < 1.29 is 18.7 Å². The fourth-order valence-electron chi connectivity index (χ4n) is 6.34. The molecule has 2 aromatic carbocycles. The van der Waals surface area contributed by atoms with Gasteiger partial charge >= 0.3 is 0 Å². The second-order valence-corrected chi connectivity index (χ2v) is 11.9. The lowest BCUT2D eigenvalue weighted by molar-refractivity contribution is -0.127. The van der Waals surface area contributed by atoms with E-state index >= 15 is 4.39 Å². The van der Waals surface area contributed by atoms with E-state index in [1.54, 1.807) is 42.6 Å². The molecule has 3 heterocycles. The van der Waals surface area contributed by atoms with Crippen LogP contribution in [0.4, 0.5) is 15.9 Å². The molecule has 2 fully saturated rings. The minimum absolute atomic E-state index is 0.0389. The van der Waals surface area contributed by atoms with Crippen LogP contribution in [-0.4, -0.2) is 76.3 Å². The number of ether oxygens (including phenoxy) is 1. The van der Waals surface area contributed by atoms with E-state index in [0.29, 0.717) is 72.3 Å².